The smallest absolute Gasteiger partial charge is 0.211 e. The van der Waals surface area contributed by atoms with Gasteiger partial charge in [-0.3, -0.25) is 0 Å². The minimum atomic E-state index is -3.22. The molecular formula is C19H28N2O5S2. The van der Waals surface area contributed by atoms with Gasteiger partial charge in [-0.15, -0.1) is 0 Å². The van der Waals surface area contributed by atoms with Crippen LogP contribution >= 0.6 is 0 Å². The second kappa shape index (κ2) is 9.69. The average Bonchev–Trinajstić information content (AvgIpc) is 2.62. The molecule has 7 nitrogen and oxygen atoms in total. The minimum absolute atomic E-state index is 0.0500. The highest BCUT2D eigenvalue weighted by Crippen LogP contribution is 2.25. The normalized spacial score (nSPS) is 13.5. The van der Waals surface area contributed by atoms with Crippen LogP contribution in [0.4, 0.5) is 0 Å². The standard InChI is InChI=1S/C19H28N2O5S2/c1-4-11-28(24,25)21-14-15(2)16-5-6-18-13-19(8-7-17(18)12-16)26-10-9-20-27(3,22)23/h5-8,12-13,15,20-21H,4,9-11,14H2,1-3H3. The Hall–Kier alpha value is -1.68. The maximum atomic E-state index is 11.8. The molecule has 28 heavy (non-hydrogen) atoms. The van der Waals surface area contributed by atoms with Crippen molar-refractivity contribution in [3.63, 3.8) is 0 Å². The Balaban J connectivity index is 2.00. The van der Waals surface area contributed by atoms with Gasteiger partial charge < -0.3 is 4.74 Å². The van der Waals surface area contributed by atoms with Crippen molar-refractivity contribution in [1.29, 1.82) is 0 Å². The van der Waals surface area contributed by atoms with Gasteiger partial charge in [0.1, 0.15) is 12.4 Å². The summed E-state index contributed by atoms with van der Waals surface area (Å²) >= 11 is 0. The van der Waals surface area contributed by atoms with E-state index in [0.29, 0.717) is 18.7 Å². The summed E-state index contributed by atoms with van der Waals surface area (Å²) in [5, 5.41) is 2.03. The first-order valence-corrected chi connectivity index (χ1v) is 12.7. The number of nitrogens with one attached hydrogen (secondary N) is 2. The van der Waals surface area contributed by atoms with Gasteiger partial charge in [-0.25, -0.2) is 26.3 Å². The molecule has 1 atom stereocenters. The Morgan fingerprint density at radius 3 is 2.36 bits per heavy atom. The lowest BCUT2D eigenvalue weighted by molar-refractivity contribution is 0.323. The second-order valence-corrected chi connectivity index (χ2v) is 10.6. The molecule has 0 aliphatic heterocycles. The summed E-state index contributed by atoms with van der Waals surface area (Å²) in [7, 11) is -6.43. The molecule has 0 saturated heterocycles. The SMILES string of the molecule is CCCS(=O)(=O)NCC(C)c1ccc2cc(OCCNS(C)(=O)=O)ccc2c1. The van der Waals surface area contributed by atoms with E-state index in [1.54, 1.807) is 0 Å². The second-order valence-electron chi connectivity index (χ2n) is 6.85. The number of rotatable bonds is 11. The Morgan fingerprint density at radius 1 is 1.00 bits per heavy atom. The fraction of sp³-hybridized carbons (Fsp3) is 0.474. The molecule has 1 unspecified atom stereocenters. The molecule has 0 aliphatic carbocycles. The van der Waals surface area contributed by atoms with E-state index in [-0.39, 0.29) is 24.8 Å². The lowest BCUT2D eigenvalue weighted by Gasteiger charge is -2.14. The molecule has 2 aromatic carbocycles. The summed E-state index contributed by atoms with van der Waals surface area (Å²) in [5.74, 6) is 0.852. The van der Waals surface area contributed by atoms with E-state index >= 15 is 0 Å². The van der Waals surface area contributed by atoms with Crippen LogP contribution in [0.25, 0.3) is 10.8 Å². The predicted octanol–water partition coefficient (Wildman–Crippen LogP) is 2.20. The quantitative estimate of drug-likeness (QED) is 0.534. The van der Waals surface area contributed by atoms with E-state index in [0.717, 1.165) is 22.6 Å². The van der Waals surface area contributed by atoms with Crippen molar-refractivity contribution < 1.29 is 21.6 Å². The van der Waals surface area contributed by atoms with Gasteiger partial charge in [0, 0.05) is 13.1 Å². The van der Waals surface area contributed by atoms with Crippen molar-refractivity contribution in [1.82, 2.24) is 9.44 Å². The van der Waals surface area contributed by atoms with Gasteiger partial charge in [0.2, 0.25) is 20.0 Å². The highest BCUT2D eigenvalue weighted by atomic mass is 32.2. The van der Waals surface area contributed by atoms with Crippen LogP contribution in [-0.4, -0.2) is 48.5 Å². The molecule has 0 aliphatic rings. The summed E-state index contributed by atoms with van der Waals surface area (Å²) in [6.07, 6.45) is 1.70. The summed E-state index contributed by atoms with van der Waals surface area (Å²) in [4.78, 5) is 0. The first-order valence-electron chi connectivity index (χ1n) is 9.18. The van der Waals surface area contributed by atoms with Crippen molar-refractivity contribution in [2.75, 3.05) is 31.7 Å². The largest absolute Gasteiger partial charge is 0.492 e. The van der Waals surface area contributed by atoms with Gasteiger partial charge in [-0.1, -0.05) is 38.1 Å². The first kappa shape index (κ1) is 22.6. The van der Waals surface area contributed by atoms with Crippen LogP contribution in [0.15, 0.2) is 36.4 Å². The molecule has 0 fully saturated rings. The number of sulfonamides is 2. The minimum Gasteiger partial charge on any atom is -0.492 e. The van der Waals surface area contributed by atoms with Crippen molar-refractivity contribution in [3.05, 3.63) is 42.0 Å². The molecule has 0 heterocycles. The fourth-order valence-corrected chi connectivity index (χ4v) is 4.39. The predicted molar refractivity (Wildman–Crippen MR) is 113 cm³/mol. The van der Waals surface area contributed by atoms with Gasteiger partial charge in [-0.05, 0) is 40.8 Å². The maximum absolute atomic E-state index is 11.8. The summed E-state index contributed by atoms with van der Waals surface area (Å²) < 4.78 is 56.3. The third-order valence-corrected chi connectivity index (χ3v) is 6.50. The molecule has 0 bridgehead atoms. The van der Waals surface area contributed by atoms with Crippen LogP contribution in [0.2, 0.25) is 0 Å². The van der Waals surface area contributed by atoms with E-state index in [4.69, 9.17) is 4.74 Å². The lowest BCUT2D eigenvalue weighted by atomic mass is 9.98. The van der Waals surface area contributed by atoms with Crippen molar-refractivity contribution in [3.8, 4) is 5.75 Å². The van der Waals surface area contributed by atoms with Crippen LogP contribution in [0.5, 0.6) is 5.75 Å². The monoisotopic (exact) mass is 428 g/mol. The number of benzene rings is 2. The molecule has 156 valence electrons. The van der Waals surface area contributed by atoms with Crippen molar-refractivity contribution in [2.24, 2.45) is 0 Å². The molecule has 0 spiro atoms. The zero-order valence-electron chi connectivity index (χ0n) is 16.4. The molecule has 2 N–H and O–H groups in total. The average molecular weight is 429 g/mol. The topological polar surface area (TPSA) is 102 Å². The van der Waals surface area contributed by atoms with E-state index in [1.807, 2.05) is 50.2 Å². The zero-order valence-corrected chi connectivity index (χ0v) is 18.1. The van der Waals surface area contributed by atoms with Crippen molar-refractivity contribution >= 4 is 30.8 Å². The maximum Gasteiger partial charge on any atom is 0.211 e. The number of fused-ring (bicyclic) bond motifs is 1. The molecule has 0 saturated carbocycles. The Bertz CT molecular complexity index is 1000. The lowest BCUT2D eigenvalue weighted by Crippen LogP contribution is -2.29. The van der Waals surface area contributed by atoms with E-state index in [9.17, 15) is 16.8 Å². The highest BCUT2D eigenvalue weighted by molar-refractivity contribution is 7.89. The molecule has 0 aromatic heterocycles. The van der Waals surface area contributed by atoms with Crippen LogP contribution in [-0.2, 0) is 20.0 Å². The zero-order chi connectivity index (χ0) is 20.8. The molecule has 0 radical (unpaired) electrons. The molecule has 0 amide bonds. The van der Waals surface area contributed by atoms with E-state index in [2.05, 4.69) is 9.44 Å². The summed E-state index contributed by atoms with van der Waals surface area (Å²) in [6, 6.07) is 11.7. The summed E-state index contributed by atoms with van der Waals surface area (Å²) in [5.41, 5.74) is 1.05. The fourth-order valence-electron chi connectivity index (χ4n) is 2.75. The first-order chi connectivity index (χ1) is 13.1. The molecule has 2 rings (SSSR count). The highest BCUT2D eigenvalue weighted by Gasteiger charge is 2.12. The Labute approximate surface area is 167 Å². The number of hydrogen-bond donors (Lipinski definition) is 2. The van der Waals surface area contributed by atoms with Gasteiger partial charge in [-0.2, -0.15) is 0 Å². The number of hydrogen-bond acceptors (Lipinski definition) is 5. The van der Waals surface area contributed by atoms with Gasteiger partial charge in [0.05, 0.1) is 12.0 Å². The van der Waals surface area contributed by atoms with Crippen molar-refractivity contribution in [2.45, 2.75) is 26.2 Å². The van der Waals surface area contributed by atoms with Crippen LogP contribution in [0.1, 0.15) is 31.7 Å². The Morgan fingerprint density at radius 2 is 1.68 bits per heavy atom. The van der Waals surface area contributed by atoms with Gasteiger partial charge in [0.25, 0.3) is 0 Å². The Kier molecular flexibility index (Phi) is 7.82. The van der Waals surface area contributed by atoms with Crippen LogP contribution in [0, 0.1) is 0 Å². The molecule has 9 heteroatoms. The molecule has 2 aromatic rings. The van der Waals surface area contributed by atoms with Crippen LogP contribution < -0.4 is 14.2 Å². The van der Waals surface area contributed by atoms with Gasteiger partial charge >= 0.3 is 0 Å². The summed E-state index contributed by atoms with van der Waals surface area (Å²) in [6.45, 7) is 4.64. The van der Waals surface area contributed by atoms with Gasteiger partial charge in [0.15, 0.2) is 0 Å². The third kappa shape index (κ3) is 7.38. The van der Waals surface area contributed by atoms with E-state index in [1.165, 1.54) is 0 Å². The third-order valence-electron chi connectivity index (χ3n) is 4.22. The van der Waals surface area contributed by atoms with Crippen LogP contribution in [0.3, 0.4) is 0 Å². The van der Waals surface area contributed by atoms with E-state index < -0.39 is 20.0 Å². The molecular weight excluding hydrogens is 400 g/mol. The number of ether oxygens (including phenoxy) is 1.